The Bertz CT molecular complexity index is 937. The molecule has 2 aliphatic rings. The minimum atomic E-state index is -0.266. The summed E-state index contributed by atoms with van der Waals surface area (Å²) in [6, 6.07) is 5.51. The van der Waals surface area contributed by atoms with Crippen molar-refractivity contribution in [3.05, 3.63) is 51.2 Å². The molecule has 0 saturated carbocycles. The Balaban J connectivity index is 1.35. The van der Waals surface area contributed by atoms with Gasteiger partial charge in [0.1, 0.15) is 11.5 Å². The first-order valence-electron chi connectivity index (χ1n) is 11.8. The lowest BCUT2D eigenvalue weighted by molar-refractivity contribution is -0.128. The van der Waals surface area contributed by atoms with E-state index in [4.69, 9.17) is 4.74 Å². The summed E-state index contributed by atoms with van der Waals surface area (Å²) in [4.78, 5) is 21.9. The van der Waals surface area contributed by atoms with Crippen molar-refractivity contribution in [1.82, 2.24) is 14.8 Å². The number of carbonyl (C=O) groups is 1. The van der Waals surface area contributed by atoms with E-state index in [1.165, 1.54) is 0 Å². The maximum atomic E-state index is 14.0. The van der Waals surface area contributed by atoms with Crippen molar-refractivity contribution in [3.8, 4) is 0 Å². The molecule has 2 saturated heterocycles. The lowest BCUT2D eigenvalue weighted by Gasteiger charge is -2.47. The van der Waals surface area contributed by atoms with Gasteiger partial charge in [-0.2, -0.15) is 0 Å². The van der Waals surface area contributed by atoms with Gasteiger partial charge in [0.2, 0.25) is 0 Å². The van der Waals surface area contributed by atoms with Crippen LogP contribution in [0.5, 0.6) is 0 Å². The summed E-state index contributed by atoms with van der Waals surface area (Å²) in [5, 5.41) is 2.89. The van der Waals surface area contributed by atoms with E-state index < -0.39 is 0 Å². The van der Waals surface area contributed by atoms with Crippen molar-refractivity contribution in [1.29, 1.82) is 0 Å². The smallest absolute Gasteiger partial charge is 0.273 e. The van der Waals surface area contributed by atoms with E-state index in [0.29, 0.717) is 31.3 Å². The zero-order valence-electron chi connectivity index (χ0n) is 19.4. The van der Waals surface area contributed by atoms with Gasteiger partial charge < -0.3 is 9.64 Å². The first kappa shape index (κ1) is 23.3. The normalized spacial score (nSPS) is 19.1. The fraction of sp³-hybridized carbons (Fsp3) is 0.600. The van der Waals surface area contributed by atoms with Crippen LogP contribution in [0.25, 0.3) is 0 Å². The molecular formula is C25H34FN3O2S. The van der Waals surface area contributed by atoms with E-state index >= 15 is 0 Å². The topological polar surface area (TPSA) is 45.7 Å². The summed E-state index contributed by atoms with van der Waals surface area (Å²) in [7, 11) is 0. The highest BCUT2D eigenvalue weighted by Crippen LogP contribution is 2.32. The van der Waals surface area contributed by atoms with E-state index in [1.807, 2.05) is 22.4 Å². The molecule has 5 nitrogen and oxygen atoms in total. The van der Waals surface area contributed by atoms with Crippen LogP contribution in [-0.2, 0) is 17.7 Å². The van der Waals surface area contributed by atoms with Crippen molar-refractivity contribution in [3.63, 3.8) is 0 Å². The Kier molecular flexibility index (Phi) is 7.27. The predicted octanol–water partition coefficient (Wildman–Crippen LogP) is 4.87. The first-order chi connectivity index (χ1) is 15.4. The molecule has 174 valence electrons. The number of piperidine rings is 1. The maximum absolute atomic E-state index is 14.0. The molecule has 0 radical (unpaired) electrons. The van der Waals surface area contributed by atoms with Crippen LogP contribution in [0.3, 0.4) is 0 Å². The average molecular weight is 460 g/mol. The molecule has 0 atom stereocenters. The van der Waals surface area contributed by atoms with E-state index in [9.17, 15) is 9.18 Å². The molecule has 1 aromatic carbocycles. The fourth-order valence-electron chi connectivity index (χ4n) is 4.70. The second-order valence-electron chi connectivity index (χ2n) is 9.44. The predicted molar refractivity (Wildman–Crippen MR) is 126 cm³/mol. The van der Waals surface area contributed by atoms with Gasteiger partial charge in [-0.25, -0.2) is 9.37 Å². The molecular weight excluding hydrogens is 425 g/mol. The molecule has 4 rings (SSSR count). The van der Waals surface area contributed by atoms with Gasteiger partial charge in [0, 0.05) is 37.5 Å². The molecule has 1 amide bonds. The largest absolute Gasteiger partial charge is 0.371 e. The van der Waals surface area contributed by atoms with Crippen LogP contribution >= 0.6 is 11.3 Å². The summed E-state index contributed by atoms with van der Waals surface area (Å²) < 4.78 is 20.2. The van der Waals surface area contributed by atoms with Gasteiger partial charge >= 0.3 is 0 Å². The number of hydrogen-bond donors (Lipinski definition) is 0. The van der Waals surface area contributed by atoms with E-state index in [-0.39, 0.29) is 17.3 Å². The van der Waals surface area contributed by atoms with Crippen molar-refractivity contribution in [2.24, 2.45) is 0 Å². The number of likely N-dealkylation sites (tertiary alicyclic amines) is 1. The summed E-state index contributed by atoms with van der Waals surface area (Å²) in [5.74, 6) is 0.253. The van der Waals surface area contributed by atoms with Crippen LogP contribution in [0.2, 0.25) is 0 Å². The molecule has 2 aromatic rings. The molecule has 2 fully saturated rings. The van der Waals surface area contributed by atoms with Crippen LogP contribution < -0.4 is 0 Å². The molecule has 3 heterocycles. The third-order valence-electron chi connectivity index (χ3n) is 6.57. The van der Waals surface area contributed by atoms with Crippen LogP contribution in [0.15, 0.2) is 23.6 Å². The van der Waals surface area contributed by atoms with E-state index in [1.54, 1.807) is 17.4 Å². The summed E-state index contributed by atoms with van der Waals surface area (Å²) in [6.07, 6.45) is 3.51. The number of hydrogen-bond acceptors (Lipinski definition) is 5. The van der Waals surface area contributed by atoms with Gasteiger partial charge in [-0.05, 0) is 36.5 Å². The number of benzene rings is 1. The second-order valence-corrected chi connectivity index (χ2v) is 10.3. The van der Waals surface area contributed by atoms with Crippen molar-refractivity contribution in [2.45, 2.75) is 64.5 Å². The monoisotopic (exact) mass is 459 g/mol. The molecule has 0 bridgehead atoms. The number of aryl methyl sites for hydroxylation is 1. The minimum absolute atomic E-state index is 0.0213. The number of halogens is 1. The Morgan fingerprint density at radius 1 is 1.28 bits per heavy atom. The van der Waals surface area contributed by atoms with Gasteiger partial charge in [0.05, 0.1) is 23.8 Å². The number of carbonyl (C=O) groups excluding carboxylic acids is 1. The highest BCUT2D eigenvalue weighted by molar-refractivity contribution is 7.09. The van der Waals surface area contributed by atoms with Crippen molar-refractivity contribution >= 4 is 17.2 Å². The number of ether oxygens (including phenoxy) is 1. The Labute approximate surface area is 194 Å². The van der Waals surface area contributed by atoms with Gasteiger partial charge in [-0.15, -0.1) is 11.3 Å². The first-order valence-corrected chi connectivity index (χ1v) is 12.7. The average Bonchev–Trinajstić information content (AvgIpc) is 3.28. The van der Waals surface area contributed by atoms with Gasteiger partial charge in [0.15, 0.2) is 0 Å². The van der Waals surface area contributed by atoms with E-state index in [0.717, 1.165) is 61.5 Å². The Morgan fingerprint density at radius 3 is 2.75 bits per heavy atom. The SMILES string of the molecule is CCCc1cc(CN2CCC3(CC2)CN(C(=O)c2csc(C(C)C)n2)CCO3)ccc1F. The third-order valence-corrected chi connectivity index (χ3v) is 7.72. The lowest BCUT2D eigenvalue weighted by atomic mass is 9.89. The standard InChI is InChI=1S/C25H34FN3O2S/c1-4-5-20-14-19(6-7-21(20)26)15-28-10-8-25(9-11-28)17-29(12-13-31-25)24(30)22-16-32-23(27-22)18(2)3/h6-7,14,16,18H,4-5,8-13,15,17H2,1-3H3. The zero-order valence-corrected chi connectivity index (χ0v) is 20.2. The zero-order chi connectivity index (χ0) is 22.7. The van der Waals surface area contributed by atoms with Crippen molar-refractivity contribution in [2.75, 3.05) is 32.8 Å². The highest BCUT2D eigenvalue weighted by Gasteiger charge is 2.41. The number of morpholine rings is 1. The van der Waals surface area contributed by atoms with Gasteiger partial charge in [0.25, 0.3) is 5.91 Å². The molecule has 1 spiro atoms. The number of rotatable bonds is 6. The molecule has 0 N–H and O–H groups in total. The van der Waals surface area contributed by atoms with Crippen LogP contribution in [0, 0.1) is 5.82 Å². The summed E-state index contributed by atoms with van der Waals surface area (Å²) in [5.41, 5.74) is 2.27. The van der Waals surface area contributed by atoms with Crippen LogP contribution in [0.4, 0.5) is 4.39 Å². The number of nitrogens with zero attached hydrogens (tertiary/aromatic N) is 3. The van der Waals surface area contributed by atoms with Gasteiger partial charge in [-0.3, -0.25) is 9.69 Å². The minimum Gasteiger partial charge on any atom is -0.371 e. The number of aromatic nitrogens is 1. The van der Waals surface area contributed by atoms with Crippen molar-refractivity contribution < 1.29 is 13.9 Å². The maximum Gasteiger partial charge on any atom is 0.273 e. The lowest BCUT2D eigenvalue weighted by Crippen LogP contribution is -2.58. The Morgan fingerprint density at radius 2 is 2.06 bits per heavy atom. The molecule has 2 aliphatic heterocycles. The molecule has 0 aliphatic carbocycles. The Hall–Kier alpha value is -1.83. The molecule has 1 aromatic heterocycles. The molecule has 7 heteroatoms. The third kappa shape index (κ3) is 5.21. The molecule has 0 unspecified atom stereocenters. The summed E-state index contributed by atoms with van der Waals surface area (Å²) >= 11 is 1.56. The molecule has 32 heavy (non-hydrogen) atoms. The number of thiazole rings is 1. The van der Waals surface area contributed by atoms with Crippen LogP contribution in [0.1, 0.15) is 72.6 Å². The quantitative estimate of drug-likeness (QED) is 0.619. The summed E-state index contributed by atoms with van der Waals surface area (Å²) in [6.45, 7) is 10.7. The number of amides is 1. The fourth-order valence-corrected chi connectivity index (χ4v) is 5.51. The van der Waals surface area contributed by atoms with Crippen LogP contribution in [-0.4, -0.2) is 59.1 Å². The van der Waals surface area contributed by atoms with E-state index in [2.05, 4.69) is 30.7 Å². The highest BCUT2D eigenvalue weighted by atomic mass is 32.1. The van der Waals surface area contributed by atoms with Gasteiger partial charge in [-0.1, -0.05) is 39.3 Å². The second kappa shape index (κ2) is 9.98.